The molecular weight excluding hydrogens is 410 g/mol. The number of hydrogen-bond donors (Lipinski definition) is 0. The molecule has 0 radical (unpaired) electrons. The second kappa shape index (κ2) is 7.70. The van der Waals surface area contributed by atoms with Crippen LogP contribution >= 0.6 is 15.9 Å². The number of fused-ring (bicyclic) bond motifs is 1. The smallest absolute Gasteiger partial charge is 0.336 e. The summed E-state index contributed by atoms with van der Waals surface area (Å²) >= 11 is 3.42. The number of aromatic nitrogens is 1. The average Bonchev–Trinajstić information content (AvgIpc) is 2.68. The van der Waals surface area contributed by atoms with E-state index in [9.17, 15) is 4.79 Å². The fraction of sp³-hybridized carbons (Fsp3) is 0.300. The molecular formula is C20H20BrN3O3. The molecule has 0 unspecified atom stereocenters. The molecule has 140 valence electrons. The largest absolute Gasteiger partial charge is 0.497 e. The van der Waals surface area contributed by atoms with Crippen LogP contribution < -0.4 is 15.3 Å². The van der Waals surface area contributed by atoms with Gasteiger partial charge in [-0.25, -0.2) is 9.78 Å². The number of anilines is 1. The summed E-state index contributed by atoms with van der Waals surface area (Å²) in [6.45, 7) is 4.35. The number of nitrogens with zero attached hydrogens (tertiary/aromatic N) is 3. The van der Waals surface area contributed by atoms with E-state index in [1.165, 1.54) is 0 Å². The quantitative estimate of drug-likeness (QED) is 0.593. The Morgan fingerprint density at radius 1 is 1.15 bits per heavy atom. The number of halogens is 1. The zero-order valence-electron chi connectivity index (χ0n) is 15.0. The van der Waals surface area contributed by atoms with Crippen LogP contribution in [0.25, 0.3) is 11.0 Å². The van der Waals surface area contributed by atoms with Crippen LogP contribution in [0, 0.1) is 0 Å². The van der Waals surface area contributed by atoms with E-state index in [0.717, 1.165) is 54.0 Å². The molecule has 1 saturated heterocycles. The van der Waals surface area contributed by atoms with E-state index in [2.05, 4.69) is 30.7 Å². The molecule has 0 aliphatic carbocycles. The summed E-state index contributed by atoms with van der Waals surface area (Å²) in [4.78, 5) is 21.1. The van der Waals surface area contributed by atoms with Crippen LogP contribution in [0.15, 0.2) is 56.3 Å². The van der Waals surface area contributed by atoms with Crippen molar-refractivity contribution in [3.05, 3.63) is 63.1 Å². The number of ether oxygens (including phenoxy) is 1. The minimum atomic E-state index is -0.330. The van der Waals surface area contributed by atoms with Crippen LogP contribution in [-0.4, -0.2) is 43.2 Å². The van der Waals surface area contributed by atoms with Crippen molar-refractivity contribution in [1.29, 1.82) is 0 Å². The summed E-state index contributed by atoms with van der Waals surface area (Å²) in [7, 11) is 1.60. The van der Waals surface area contributed by atoms with Crippen molar-refractivity contribution in [3.63, 3.8) is 0 Å². The Morgan fingerprint density at radius 3 is 2.67 bits per heavy atom. The van der Waals surface area contributed by atoms with Crippen LogP contribution in [0.4, 0.5) is 5.82 Å². The molecule has 6 nitrogen and oxygen atoms in total. The van der Waals surface area contributed by atoms with Gasteiger partial charge in [-0.15, -0.1) is 0 Å². The van der Waals surface area contributed by atoms with Gasteiger partial charge in [-0.1, -0.05) is 0 Å². The van der Waals surface area contributed by atoms with E-state index < -0.39 is 0 Å². The lowest BCUT2D eigenvalue weighted by atomic mass is 10.1. The second-order valence-corrected chi connectivity index (χ2v) is 7.47. The molecule has 7 heteroatoms. The van der Waals surface area contributed by atoms with Gasteiger partial charge < -0.3 is 14.1 Å². The monoisotopic (exact) mass is 429 g/mol. The Kier molecular flexibility index (Phi) is 5.13. The van der Waals surface area contributed by atoms with Gasteiger partial charge in [0.15, 0.2) is 0 Å². The van der Waals surface area contributed by atoms with Gasteiger partial charge in [-0.3, -0.25) is 4.90 Å². The molecule has 0 bridgehead atoms. The van der Waals surface area contributed by atoms with E-state index in [1.54, 1.807) is 19.2 Å². The molecule has 0 N–H and O–H groups in total. The zero-order chi connectivity index (χ0) is 18.8. The molecule has 1 fully saturated rings. The number of benzene rings is 1. The summed E-state index contributed by atoms with van der Waals surface area (Å²) in [6, 6.07) is 11.2. The van der Waals surface area contributed by atoms with Crippen LogP contribution in [0.1, 0.15) is 5.56 Å². The predicted octanol–water partition coefficient (Wildman–Crippen LogP) is 3.28. The fourth-order valence-corrected chi connectivity index (χ4v) is 3.63. The van der Waals surface area contributed by atoms with Crippen molar-refractivity contribution in [2.24, 2.45) is 0 Å². The lowest BCUT2D eigenvalue weighted by Crippen LogP contribution is -2.46. The van der Waals surface area contributed by atoms with Gasteiger partial charge >= 0.3 is 5.63 Å². The van der Waals surface area contributed by atoms with Crippen molar-refractivity contribution < 1.29 is 9.15 Å². The van der Waals surface area contributed by atoms with Crippen LogP contribution in [-0.2, 0) is 6.54 Å². The molecule has 3 aromatic rings. The SMILES string of the molecule is COc1ccc2c(CN3CCN(c4ccc(Br)cn4)CC3)cc(=O)oc2c1. The first-order chi connectivity index (χ1) is 13.1. The normalized spacial score (nSPS) is 15.3. The van der Waals surface area contributed by atoms with Gasteiger partial charge in [0.25, 0.3) is 0 Å². The maximum absolute atomic E-state index is 12.0. The van der Waals surface area contributed by atoms with Gasteiger partial charge in [0.05, 0.1) is 7.11 Å². The average molecular weight is 430 g/mol. The van der Waals surface area contributed by atoms with Crippen molar-refractivity contribution >= 4 is 32.7 Å². The van der Waals surface area contributed by atoms with E-state index in [4.69, 9.17) is 9.15 Å². The molecule has 0 saturated carbocycles. The number of methoxy groups -OCH3 is 1. The second-order valence-electron chi connectivity index (χ2n) is 6.55. The van der Waals surface area contributed by atoms with Gasteiger partial charge in [0.1, 0.15) is 17.2 Å². The highest BCUT2D eigenvalue weighted by Crippen LogP contribution is 2.24. The van der Waals surface area contributed by atoms with Crippen molar-refractivity contribution in [2.45, 2.75) is 6.54 Å². The van der Waals surface area contributed by atoms with E-state index >= 15 is 0 Å². The molecule has 1 aromatic carbocycles. The van der Waals surface area contributed by atoms with Crippen LogP contribution in [0.2, 0.25) is 0 Å². The molecule has 3 heterocycles. The van der Waals surface area contributed by atoms with E-state index in [-0.39, 0.29) is 5.63 Å². The first kappa shape index (κ1) is 18.0. The van der Waals surface area contributed by atoms with Crippen LogP contribution in [0.3, 0.4) is 0 Å². The molecule has 1 aliphatic rings. The first-order valence-corrected chi connectivity index (χ1v) is 9.61. The van der Waals surface area contributed by atoms with Crippen LogP contribution in [0.5, 0.6) is 5.75 Å². The Morgan fingerprint density at radius 2 is 1.96 bits per heavy atom. The summed E-state index contributed by atoms with van der Waals surface area (Å²) in [5.74, 6) is 1.68. The van der Waals surface area contributed by atoms with Gasteiger partial charge in [-0.05, 0) is 45.8 Å². The van der Waals surface area contributed by atoms with Gasteiger partial charge in [-0.2, -0.15) is 0 Å². The third-order valence-electron chi connectivity index (χ3n) is 4.84. The minimum Gasteiger partial charge on any atom is -0.497 e. The minimum absolute atomic E-state index is 0.330. The van der Waals surface area contributed by atoms with Gasteiger partial charge in [0.2, 0.25) is 0 Å². The first-order valence-electron chi connectivity index (χ1n) is 8.82. The molecule has 1 aliphatic heterocycles. The summed E-state index contributed by atoms with van der Waals surface area (Å²) in [5.41, 5.74) is 1.22. The standard InChI is InChI=1S/C20H20BrN3O3/c1-26-16-3-4-17-14(10-20(25)27-18(17)11-16)13-23-6-8-24(9-7-23)19-5-2-15(21)12-22-19/h2-5,10-12H,6-9,13H2,1H3. The molecule has 0 spiro atoms. The van der Waals surface area contributed by atoms with Crippen molar-refractivity contribution in [2.75, 3.05) is 38.2 Å². The highest BCUT2D eigenvalue weighted by molar-refractivity contribution is 9.10. The predicted molar refractivity (Wildman–Crippen MR) is 108 cm³/mol. The highest BCUT2D eigenvalue weighted by atomic mass is 79.9. The third-order valence-corrected chi connectivity index (χ3v) is 5.31. The Hall–Kier alpha value is -2.38. The van der Waals surface area contributed by atoms with Crippen molar-refractivity contribution in [1.82, 2.24) is 9.88 Å². The number of piperazine rings is 1. The van der Waals surface area contributed by atoms with E-state index in [1.807, 2.05) is 30.5 Å². The molecule has 4 rings (SSSR count). The van der Waals surface area contributed by atoms with Gasteiger partial charge in [0, 0.05) is 60.9 Å². The summed E-state index contributed by atoms with van der Waals surface area (Å²) in [6.07, 6.45) is 1.82. The number of pyridine rings is 1. The fourth-order valence-electron chi connectivity index (χ4n) is 3.40. The number of rotatable bonds is 4. The topological polar surface area (TPSA) is 58.8 Å². The number of hydrogen-bond acceptors (Lipinski definition) is 6. The molecule has 0 atom stereocenters. The lowest BCUT2D eigenvalue weighted by Gasteiger charge is -2.35. The van der Waals surface area contributed by atoms with E-state index in [0.29, 0.717) is 11.3 Å². The zero-order valence-corrected chi connectivity index (χ0v) is 16.6. The Bertz CT molecular complexity index is 996. The highest BCUT2D eigenvalue weighted by Gasteiger charge is 2.19. The summed E-state index contributed by atoms with van der Waals surface area (Å²) < 4.78 is 11.6. The lowest BCUT2D eigenvalue weighted by molar-refractivity contribution is 0.249. The molecule has 27 heavy (non-hydrogen) atoms. The third kappa shape index (κ3) is 3.99. The maximum Gasteiger partial charge on any atom is 0.336 e. The summed E-state index contributed by atoms with van der Waals surface area (Å²) in [5, 5.41) is 0.951. The molecule has 0 amide bonds. The van der Waals surface area contributed by atoms with Crippen molar-refractivity contribution in [3.8, 4) is 5.75 Å². The Balaban J connectivity index is 1.49. The molecule has 2 aromatic heterocycles. The maximum atomic E-state index is 12.0. The Labute approximate surface area is 165 Å².